The van der Waals surface area contributed by atoms with E-state index >= 15 is 0 Å². The van der Waals surface area contributed by atoms with Crippen molar-refractivity contribution >= 4 is 5.82 Å². The van der Waals surface area contributed by atoms with Gasteiger partial charge in [0.05, 0.1) is 24.9 Å². The zero-order valence-corrected chi connectivity index (χ0v) is 15.5. The van der Waals surface area contributed by atoms with Gasteiger partial charge in [-0.2, -0.15) is 0 Å². The van der Waals surface area contributed by atoms with Gasteiger partial charge in [-0.15, -0.1) is 0 Å². The summed E-state index contributed by atoms with van der Waals surface area (Å²) >= 11 is 0. The summed E-state index contributed by atoms with van der Waals surface area (Å²) in [5.74, 6) is 3.72. The molecular weight excluding hydrogens is 330 g/mol. The van der Waals surface area contributed by atoms with Crippen LogP contribution in [-0.4, -0.2) is 54.3 Å². The number of ether oxygens (including phenoxy) is 1. The van der Waals surface area contributed by atoms with E-state index in [1.807, 2.05) is 19.9 Å². The summed E-state index contributed by atoms with van der Waals surface area (Å²) in [4.78, 5) is 11.7. The second-order valence-electron chi connectivity index (χ2n) is 6.96. The molecule has 0 amide bonds. The van der Waals surface area contributed by atoms with Gasteiger partial charge in [0.25, 0.3) is 0 Å². The average Bonchev–Trinajstić information content (AvgIpc) is 3.08. The minimum absolute atomic E-state index is 0.167. The number of fused-ring (bicyclic) bond motifs is 1. The molecule has 0 aliphatic carbocycles. The Kier molecular flexibility index (Phi) is 5.19. The summed E-state index contributed by atoms with van der Waals surface area (Å²) in [6.45, 7) is 9.85. The van der Waals surface area contributed by atoms with E-state index in [9.17, 15) is 0 Å². The van der Waals surface area contributed by atoms with Gasteiger partial charge in [-0.25, -0.2) is 9.97 Å². The van der Waals surface area contributed by atoms with Crippen LogP contribution in [0.4, 0.5) is 5.82 Å². The molecule has 2 aromatic heterocycles. The molecule has 26 heavy (non-hydrogen) atoms. The highest BCUT2D eigenvalue weighted by molar-refractivity contribution is 5.48. The van der Waals surface area contributed by atoms with Crippen LogP contribution in [0.15, 0.2) is 16.5 Å². The molecule has 4 rings (SSSR count). The van der Waals surface area contributed by atoms with Gasteiger partial charge in [0.15, 0.2) is 0 Å². The fourth-order valence-electron chi connectivity index (χ4n) is 3.75. The number of nitrogens with zero attached hydrogens (tertiary/aromatic N) is 3. The molecule has 0 saturated carbocycles. The minimum atomic E-state index is 0.167. The van der Waals surface area contributed by atoms with Crippen molar-refractivity contribution in [3.8, 4) is 0 Å². The van der Waals surface area contributed by atoms with E-state index in [1.54, 1.807) is 0 Å². The van der Waals surface area contributed by atoms with Crippen molar-refractivity contribution in [2.45, 2.75) is 32.9 Å². The van der Waals surface area contributed by atoms with Gasteiger partial charge in [0.2, 0.25) is 0 Å². The summed E-state index contributed by atoms with van der Waals surface area (Å²) in [6, 6.07) is 4.28. The molecule has 2 aromatic rings. The van der Waals surface area contributed by atoms with Crippen molar-refractivity contribution in [3.05, 3.63) is 40.7 Å². The topological polar surface area (TPSA) is 75.5 Å². The first kappa shape index (κ1) is 17.5. The molecule has 4 heterocycles. The first-order valence-corrected chi connectivity index (χ1v) is 9.40. The standard InChI is InChI=1S/C19H27N5O2/c1-13-3-4-18(26-13)17(24-7-9-25-10-8-24)12-21-19-15-5-6-20-11-16(15)22-14(2)23-19/h3-4,17,20H,5-12H2,1-2H3,(H,21,22,23). The molecule has 2 aliphatic rings. The summed E-state index contributed by atoms with van der Waals surface area (Å²) in [7, 11) is 0. The first-order chi connectivity index (χ1) is 12.7. The molecule has 2 N–H and O–H groups in total. The zero-order chi connectivity index (χ0) is 17.9. The van der Waals surface area contributed by atoms with Crippen LogP contribution in [0.2, 0.25) is 0 Å². The SMILES string of the molecule is Cc1nc2c(c(NCC(c3ccc(C)o3)N3CCOCC3)n1)CCNC2. The molecule has 0 aromatic carbocycles. The highest BCUT2D eigenvalue weighted by Gasteiger charge is 2.26. The van der Waals surface area contributed by atoms with Gasteiger partial charge in [-0.1, -0.05) is 0 Å². The second-order valence-corrected chi connectivity index (χ2v) is 6.96. The molecule has 1 saturated heterocycles. The molecule has 0 bridgehead atoms. The number of furan rings is 1. The Bertz CT molecular complexity index is 754. The van der Waals surface area contributed by atoms with Gasteiger partial charge in [-0.05, 0) is 38.9 Å². The largest absolute Gasteiger partial charge is 0.465 e. The van der Waals surface area contributed by atoms with Crippen LogP contribution < -0.4 is 10.6 Å². The summed E-state index contributed by atoms with van der Waals surface area (Å²) in [6.07, 6.45) is 0.958. The van der Waals surface area contributed by atoms with Gasteiger partial charge < -0.3 is 19.8 Å². The number of rotatable bonds is 5. The molecule has 1 fully saturated rings. The maximum atomic E-state index is 5.96. The predicted molar refractivity (Wildman–Crippen MR) is 99.2 cm³/mol. The molecule has 0 radical (unpaired) electrons. The fraction of sp³-hybridized carbons (Fsp3) is 0.579. The minimum Gasteiger partial charge on any atom is -0.465 e. The Morgan fingerprint density at radius 2 is 2.08 bits per heavy atom. The third kappa shape index (κ3) is 3.75. The lowest BCUT2D eigenvalue weighted by atomic mass is 10.1. The van der Waals surface area contributed by atoms with Crippen LogP contribution in [0.25, 0.3) is 0 Å². The van der Waals surface area contributed by atoms with E-state index in [0.29, 0.717) is 0 Å². The Morgan fingerprint density at radius 3 is 2.85 bits per heavy atom. The van der Waals surface area contributed by atoms with Crippen LogP contribution in [0.1, 0.15) is 34.6 Å². The van der Waals surface area contributed by atoms with Gasteiger partial charge >= 0.3 is 0 Å². The number of morpholine rings is 1. The van der Waals surface area contributed by atoms with Crippen molar-refractivity contribution in [1.29, 1.82) is 0 Å². The van der Waals surface area contributed by atoms with Crippen molar-refractivity contribution in [2.24, 2.45) is 0 Å². The first-order valence-electron chi connectivity index (χ1n) is 9.40. The van der Waals surface area contributed by atoms with E-state index in [2.05, 4.69) is 31.6 Å². The molecule has 140 valence electrons. The zero-order valence-electron chi connectivity index (χ0n) is 15.5. The van der Waals surface area contributed by atoms with E-state index < -0.39 is 0 Å². The average molecular weight is 357 g/mol. The number of nitrogens with one attached hydrogen (secondary N) is 2. The predicted octanol–water partition coefficient (Wildman–Crippen LogP) is 1.82. The van der Waals surface area contributed by atoms with Gasteiger partial charge in [0, 0.05) is 31.7 Å². The lowest BCUT2D eigenvalue weighted by Gasteiger charge is -2.33. The van der Waals surface area contributed by atoms with Crippen LogP contribution in [-0.2, 0) is 17.7 Å². The second kappa shape index (κ2) is 7.73. The number of hydrogen-bond acceptors (Lipinski definition) is 7. The Morgan fingerprint density at radius 1 is 1.23 bits per heavy atom. The quantitative estimate of drug-likeness (QED) is 0.845. The fourth-order valence-corrected chi connectivity index (χ4v) is 3.75. The molecule has 2 aliphatic heterocycles. The number of aromatic nitrogens is 2. The third-order valence-electron chi connectivity index (χ3n) is 5.09. The Hall–Kier alpha value is -1.96. The maximum Gasteiger partial charge on any atom is 0.133 e. The van der Waals surface area contributed by atoms with Crippen molar-refractivity contribution in [1.82, 2.24) is 20.2 Å². The third-order valence-corrected chi connectivity index (χ3v) is 5.09. The van der Waals surface area contributed by atoms with Crippen molar-refractivity contribution in [2.75, 3.05) is 44.7 Å². The van der Waals surface area contributed by atoms with E-state index in [0.717, 1.165) is 81.2 Å². The van der Waals surface area contributed by atoms with E-state index in [4.69, 9.17) is 9.15 Å². The molecule has 7 heteroatoms. The highest BCUT2D eigenvalue weighted by atomic mass is 16.5. The molecule has 1 unspecified atom stereocenters. The maximum absolute atomic E-state index is 5.96. The summed E-state index contributed by atoms with van der Waals surface area (Å²) < 4.78 is 11.5. The molecule has 1 atom stereocenters. The van der Waals surface area contributed by atoms with Crippen LogP contribution in [0, 0.1) is 13.8 Å². The normalized spacial score (nSPS) is 19.2. The van der Waals surface area contributed by atoms with E-state index in [1.165, 1.54) is 5.56 Å². The van der Waals surface area contributed by atoms with Crippen molar-refractivity contribution < 1.29 is 9.15 Å². The van der Waals surface area contributed by atoms with Crippen LogP contribution in [0.5, 0.6) is 0 Å². The monoisotopic (exact) mass is 357 g/mol. The lowest BCUT2D eigenvalue weighted by molar-refractivity contribution is 0.0143. The molecule has 0 spiro atoms. The van der Waals surface area contributed by atoms with Gasteiger partial charge in [0.1, 0.15) is 23.2 Å². The summed E-state index contributed by atoms with van der Waals surface area (Å²) in [5.41, 5.74) is 2.36. The van der Waals surface area contributed by atoms with E-state index in [-0.39, 0.29) is 6.04 Å². The van der Waals surface area contributed by atoms with Crippen molar-refractivity contribution in [3.63, 3.8) is 0 Å². The number of anilines is 1. The Labute approximate surface area is 154 Å². The highest BCUT2D eigenvalue weighted by Crippen LogP contribution is 2.26. The molecular formula is C19H27N5O2. The van der Waals surface area contributed by atoms with Crippen LogP contribution >= 0.6 is 0 Å². The number of aryl methyl sites for hydroxylation is 2. The van der Waals surface area contributed by atoms with Gasteiger partial charge in [-0.3, -0.25) is 4.90 Å². The lowest BCUT2D eigenvalue weighted by Crippen LogP contribution is -2.41. The smallest absolute Gasteiger partial charge is 0.133 e. The summed E-state index contributed by atoms with van der Waals surface area (Å²) in [5, 5.41) is 6.98. The van der Waals surface area contributed by atoms with Crippen LogP contribution in [0.3, 0.4) is 0 Å². The molecule has 7 nitrogen and oxygen atoms in total. The number of hydrogen-bond donors (Lipinski definition) is 2. The Balaban J connectivity index is 1.56.